The summed E-state index contributed by atoms with van der Waals surface area (Å²) in [5.74, 6) is -4.11. The number of carbonyl (C=O) groups excluding carboxylic acids is 5. The molecule has 0 aromatic heterocycles. The highest BCUT2D eigenvalue weighted by Crippen LogP contribution is 2.09. The summed E-state index contributed by atoms with van der Waals surface area (Å²) < 4.78 is 13.0. The number of aliphatic imine (C=N–C) groups is 1. The molecule has 4 atom stereocenters. The monoisotopic (exact) mass is 531 g/mol. The van der Waals surface area contributed by atoms with Crippen LogP contribution in [-0.2, 0) is 24.0 Å². The van der Waals surface area contributed by atoms with Crippen LogP contribution < -0.4 is 32.7 Å². The van der Waals surface area contributed by atoms with Crippen molar-refractivity contribution in [3.8, 4) is 0 Å². The molecule has 0 fully saturated rings. The van der Waals surface area contributed by atoms with Gasteiger partial charge in [-0.25, -0.2) is 4.39 Å². The van der Waals surface area contributed by atoms with Crippen molar-refractivity contribution in [2.75, 3.05) is 19.8 Å². The zero-order valence-electron chi connectivity index (χ0n) is 22.2. The molecule has 0 aliphatic rings. The molecule has 0 aliphatic heterocycles. The van der Waals surface area contributed by atoms with Crippen LogP contribution in [0.1, 0.15) is 53.9 Å². The van der Waals surface area contributed by atoms with Gasteiger partial charge in [-0.15, -0.1) is 0 Å². The predicted molar refractivity (Wildman–Crippen MR) is 136 cm³/mol. The van der Waals surface area contributed by atoms with Gasteiger partial charge in [0.05, 0.1) is 12.6 Å². The molecule has 14 heteroatoms. The van der Waals surface area contributed by atoms with Gasteiger partial charge in [0.15, 0.2) is 11.7 Å². The van der Waals surface area contributed by atoms with E-state index in [1.807, 2.05) is 13.8 Å². The van der Waals surface area contributed by atoms with E-state index in [0.717, 1.165) is 0 Å². The number of amides is 4. The van der Waals surface area contributed by atoms with Crippen LogP contribution in [0.4, 0.5) is 4.39 Å². The Morgan fingerprint density at radius 3 is 1.89 bits per heavy atom. The largest absolute Gasteiger partial charge is 0.394 e. The Morgan fingerprint density at radius 1 is 0.865 bits per heavy atom. The van der Waals surface area contributed by atoms with E-state index in [-0.39, 0.29) is 31.3 Å². The number of aliphatic hydroxyl groups excluding tert-OH is 1. The molecule has 0 saturated carbocycles. The molecular weight excluding hydrogens is 489 g/mol. The summed E-state index contributed by atoms with van der Waals surface area (Å²) in [6.45, 7) is 6.33. The van der Waals surface area contributed by atoms with E-state index in [1.54, 1.807) is 13.8 Å². The Hall–Kier alpha value is -3.29. The molecule has 13 nitrogen and oxygen atoms in total. The van der Waals surface area contributed by atoms with Gasteiger partial charge in [0.1, 0.15) is 24.8 Å². The number of nitrogens with zero attached hydrogens (tertiary/aromatic N) is 1. The summed E-state index contributed by atoms with van der Waals surface area (Å²) >= 11 is 0. The lowest BCUT2D eigenvalue weighted by molar-refractivity contribution is -0.135. The van der Waals surface area contributed by atoms with Crippen LogP contribution in [0.5, 0.6) is 0 Å². The van der Waals surface area contributed by atoms with Crippen LogP contribution in [0.3, 0.4) is 0 Å². The third kappa shape index (κ3) is 13.6. The lowest BCUT2D eigenvalue weighted by Gasteiger charge is -2.27. The average molecular weight is 532 g/mol. The summed E-state index contributed by atoms with van der Waals surface area (Å²) in [5, 5.41) is 19.5. The lowest BCUT2D eigenvalue weighted by Crippen LogP contribution is -2.59. The van der Waals surface area contributed by atoms with Crippen molar-refractivity contribution in [3.05, 3.63) is 0 Å². The van der Waals surface area contributed by atoms with E-state index < -0.39 is 72.8 Å². The van der Waals surface area contributed by atoms with Gasteiger partial charge < -0.3 is 37.8 Å². The third-order valence-corrected chi connectivity index (χ3v) is 5.25. The number of hydrogen-bond donors (Lipinski definition) is 7. The normalized spacial score (nSPS) is 14.2. The molecule has 37 heavy (non-hydrogen) atoms. The highest BCUT2D eigenvalue weighted by Gasteiger charge is 2.32. The Balaban J connectivity index is 5.41. The first-order valence-corrected chi connectivity index (χ1v) is 12.2. The summed E-state index contributed by atoms with van der Waals surface area (Å²) in [6, 6.07) is -4.65. The number of nitrogens with two attached hydrogens (primary N) is 2. The molecule has 0 aromatic rings. The van der Waals surface area contributed by atoms with Crippen molar-refractivity contribution < 1.29 is 33.5 Å². The second-order valence-corrected chi connectivity index (χ2v) is 9.47. The van der Waals surface area contributed by atoms with Gasteiger partial charge in [-0.2, -0.15) is 0 Å². The van der Waals surface area contributed by atoms with Gasteiger partial charge in [-0.3, -0.25) is 29.0 Å². The molecule has 0 radical (unpaired) electrons. The zero-order chi connectivity index (χ0) is 28.7. The molecule has 0 heterocycles. The molecule has 0 unspecified atom stereocenters. The summed E-state index contributed by atoms with van der Waals surface area (Å²) in [5.41, 5.74) is 10.5. The fourth-order valence-corrected chi connectivity index (χ4v) is 3.37. The molecule has 0 saturated heterocycles. The number of halogens is 1. The first-order valence-electron chi connectivity index (χ1n) is 12.2. The number of hydrogen-bond acceptors (Lipinski definition) is 7. The van der Waals surface area contributed by atoms with Crippen molar-refractivity contribution >= 4 is 35.4 Å². The standard InChI is InChI=1S/C23H42FN7O6/c1-12(2)9-16(18(34)10-24)29-22(37)19(13(3)4)31-21(36)17(11-32)30-20(35)15(28-14(5)33)7-6-8-27-23(25)26/h12-13,15-17,19,32H,6-11H2,1-5H3,(H,28,33)(H,29,37)(H,30,35)(H,31,36)(H4,25,26,27)/t15-,16-,17-,19-/m0/s1. The van der Waals surface area contributed by atoms with E-state index in [4.69, 9.17) is 11.5 Å². The Morgan fingerprint density at radius 2 is 1.43 bits per heavy atom. The van der Waals surface area contributed by atoms with Crippen LogP contribution >= 0.6 is 0 Å². The third-order valence-electron chi connectivity index (χ3n) is 5.25. The van der Waals surface area contributed by atoms with Crippen molar-refractivity contribution in [3.63, 3.8) is 0 Å². The maximum absolute atomic E-state index is 13.0. The van der Waals surface area contributed by atoms with Crippen LogP contribution in [0, 0.1) is 11.8 Å². The number of alkyl halides is 1. The van der Waals surface area contributed by atoms with Gasteiger partial charge in [0.25, 0.3) is 0 Å². The Bertz CT molecular complexity index is 817. The zero-order valence-corrected chi connectivity index (χ0v) is 22.2. The quantitative estimate of drug-likeness (QED) is 0.0645. The minimum atomic E-state index is -1.44. The molecular formula is C23H42FN7O6. The minimum Gasteiger partial charge on any atom is -0.394 e. The molecule has 0 rings (SSSR count). The van der Waals surface area contributed by atoms with Gasteiger partial charge in [-0.1, -0.05) is 27.7 Å². The average Bonchev–Trinajstić information content (AvgIpc) is 2.80. The number of guanidine groups is 1. The van der Waals surface area contributed by atoms with Crippen LogP contribution in [0.25, 0.3) is 0 Å². The maximum Gasteiger partial charge on any atom is 0.245 e. The van der Waals surface area contributed by atoms with E-state index in [1.165, 1.54) is 6.92 Å². The SMILES string of the molecule is CC(=O)N[C@@H](CCCN=C(N)N)C(=O)N[C@@H](CO)C(=O)N[C@H](C(=O)N[C@@H](CC(C)C)C(=O)CF)C(C)C. The number of Topliss-reactive ketones (excluding diaryl/α,β-unsaturated/α-hetero) is 1. The molecule has 4 amide bonds. The highest BCUT2D eigenvalue weighted by molar-refractivity contribution is 5.96. The van der Waals surface area contributed by atoms with Gasteiger partial charge >= 0.3 is 0 Å². The first-order chi connectivity index (χ1) is 17.2. The minimum absolute atomic E-state index is 0.00195. The molecule has 212 valence electrons. The van der Waals surface area contributed by atoms with Gasteiger partial charge in [0, 0.05) is 13.5 Å². The van der Waals surface area contributed by atoms with Crippen molar-refractivity contribution in [1.29, 1.82) is 0 Å². The fraction of sp³-hybridized carbons (Fsp3) is 0.739. The lowest BCUT2D eigenvalue weighted by atomic mass is 9.98. The first kappa shape index (κ1) is 33.7. The topological polar surface area (TPSA) is 218 Å². The van der Waals surface area contributed by atoms with Crippen LogP contribution in [0.2, 0.25) is 0 Å². The van der Waals surface area contributed by atoms with Gasteiger partial charge in [0.2, 0.25) is 23.6 Å². The second-order valence-electron chi connectivity index (χ2n) is 9.47. The number of nitrogens with one attached hydrogen (secondary N) is 4. The van der Waals surface area contributed by atoms with E-state index in [9.17, 15) is 33.5 Å². The molecule has 0 aliphatic carbocycles. The summed E-state index contributed by atoms with van der Waals surface area (Å²) in [6.07, 6.45) is 0.714. The maximum atomic E-state index is 13.0. The Kier molecular flexibility index (Phi) is 15.7. The summed E-state index contributed by atoms with van der Waals surface area (Å²) in [7, 11) is 0. The molecule has 0 bridgehead atoms. The van der Waals surface area contributed by atoms with Crippen LogP contribution in [0.15, 0.2) is 4.99 Å². The Labute approximate surface area is 216 Å². The highest BCUT2D eigenvalue weighted by atomic mass is 19.1. The van der Waals surface area contributed by atoms with Crippen molar-refractivity contribution in [2.45, 2.75) is 78.0 Å². The second kappa shape index (κ2) is 17.2. The number of rotatable bonds is 17. The van der Waals surface area contributed by atoms with E-state index in [2.05, 4.69) is 26.3 Å². The van der Waals surface area contributed by atoms with Crippen molar-refractivity contribution in [1.82, 2.24) is 21.3 Å². The number of carbonyl (C=O) groups is 5. The van der Waals surface area contributed by atoms with Gasteiger partial charge in [-0.05, 0) is 31.1 Å². The number of aliphatic hydroxyl groups is 1. The summed E-state index contributed by atoms with van der Waals surface area (Å²) in [4.78, 5) is 65.7. The van der Waals surface area contributed by atoms with Crippen molar-refractivity contribution in [2.24, 2.45) is 28.3 Å². The molecule has 9 N–H and O–H groups in total. The smallest absolute Gasteiger partial charge is 0.245 e. The van der Waals surface area contributed by atoms with E-state index >= 15 is 0 Å². The fourth-order valence-electron chi connectivity index (χ4n) is 3.37. The van der Waals surface area contributed by atoms with Crippen LogP contribution in [-0.4, -0.2) is 84.5 Å². The number of ketones is 1. The van der Waals surface area contributed by atoms with E-state index in [0.29, 0.717) is 6.42 Å². The molecule has 0 spiro atoms. The molecule has 0 aromatic carbocycles. The predicted octanol–water partition coefficient (Wildman–Crippen LogP) is -1.77.